The third-order valence-electron chi connectivity index (χ3n) is 8.88. The van der Waals surface area contributed by atoms with Crippen molar-refractivity contribution in [1.82, 2.24) is 14.9 Å². The summed E-state index contributed by atoms with van der Waals surface area (Å²) in [6.07, 6.45) is 6.89. The summed E-state index contributed by atoms with van der Waals surface area (Å²) in [5.74, 6) is -0.295. The van der Waals surface area contributed by atoms with E-state index in [9.17, 15) is 18.4 Å². The van der Waals surface area contributed by atoms with E-state index in [2.05, 4.69) is 15.1 Å². The molecule has 3 atom stereocenters. The first-order valence-corrected chi connectivity index (χ1v) is 16.7. The molecule has 262 valence electrons. The third kappa shape index (κ3) is 7.37. The molecule has 1 aliphatic carbocycles. The number of carbonyl (C=O) groups is 2. The zero-order chi connectivity index (χ0) is 35.8. The molecule has 14 heteroatoms. The average molecular weight is 707 g/mol. The fourth-order valence-corrected chi connectivity index (χ4v) is 6.55. The van der Waals surface area contributed by atoms with Crippen LogP contribution in [0.2, 0.25) is 5.02 Å². The van der Waals surface area contributed by atoms with E-state index >= 15 is 0 Å². The van der Waals surface area contributed by atoms with Crippen LogP contribution >= 0.6 is 11.6 Å². The summed E-state index contributed by atoms with van der Waals surface area (Å²) in [6, 6.07) is 13.0. The van der Waals surface area contributed by atoms with Gasteiger partial charge in [0.15, 0.2) is 23.5 Å². The van der Waals surface area contributed by atoms with Gasteiger partial charge in [-0.05, 0) is 69.2 Å². The van der Waals surface area contributed by atoms with E-state index in [1.54, 1.807) is 54.7 Å². The molecule has 0 radical (unpaired) electrons. The van der Waals surface area contributed by atoms with Gasteiger partial charge in [0.1, 0.15) is 12.5 Å². The Hall–Kier alpha value is -4.78. The quantitative estimate of drug-likeness (QED) is 0.137. The van der Waals surface area contributed by atoms with Gasteiger partial charge in [-0.3, -0.25) is 14.5 Å². The van der Waals surface area contributed by atoms with Crippen LogP contribution in [0.15, 0.2) is 64.8 Å². The molecule has 0 spiro atoms. The van der Waals surface area contributed by atoms with Crippen molar-refractivity contribution < 1.29 is 32.5 Å². The number of methoxy groups -OCH3 is 1. The smallest absolute Gasteiger partial charge is 0.474 e. The summed E-state index contributed by atoms with van der Waals surface area (Å²) in [4.78, 5) is 42.9. The first-order valence-electron chi connectivity index (χ1n) is 16.4. The maximum atomic E-state index is 14.9. The van der Waals surface area contributed by atoms with Gasteiger partial charge in [-0.25, -0.2) is 9.98 Å². The van der Waals surface area contributed by atoms with Gasteiger partial charge in [-0.2, -0.15) is 4.98 Å². The molecule has 2 N–H and O–H groups in total. The molecular weight excluding hydrogens is 668 g/mol. The number of halogens is 3. The van der Waals surface area contributed by atoms with E-state index in [1.165, 1.54) is 24.4 Å². The number of nitrogens with two attached hydrogens (primary N) is 1. The average Bonchev–Trinajstić information content (AvgIpc) is 3.68. The predicted octanol–water partition coefficient (Wildman–Crippen LogP) is 6.07. The number of aromatic nitrogens is 2. The van der Waals surface area contributed by atoms with Crippen LogP contribution in [-0.4, -0.2) is 70.1 Å². The van der Waals surface area contributed by atoms with Crippen molar-refractivity contribution in [3.8, 4) is 17.3 Å². The number of aliphatic imine (C=N–C) groups is 1. The van der Waals surface area contributed by atoms with Crippen molar-refractivity contribution in [2.75, 3.05) is 13.7 Å². The molecule has 3 heterocycles. The Morgan fingerprint density at radius 3 is 2.54 bits per heavy atom. The number of ether oxygens (including phenoxy) is 2. The number of guanidine groups is 1. The summed E-state index contributed by atoms with van der Waals surface area (Å²) in [6.45, 7) is 3.08. The Morgan fingerprint density at radius 2 is 1.90 bits per heavy atom. The van der Waals surface area contributed by atoms with Crippen molar-refractivity contribution in [3.63, 3.8) is 0 Å². The molecule has 2 aromatic carbocycles. The highest BCUT2D eigenvalue weighted by Crippen LogP contribution is 2.45. The normalized spacial score (nSPS) is 21.0. The Bertz CT molecular complexity index is 1870. The molecule has 1 fully saturated rings. The minimum atomic E-state index is -2.74. The van der Waals surface area contributed by atoms with E-state index in [4.69, 9.17) is 31.8 Å². The van der Waals surface area contributed by atoms with Crippen LogP contribution < -0.4 is 10.5 Å². The number of hydrogen-bond donors (Lipinski definition) is 1. The van der Waals surface area contributed by atoms with Gasteiger partial charge in [0.25, 0.3) is 5.91 Å². The molecule has 11 nitrogen and oxygen atoms in total. The second kappa shape index (κ2) is 13.9. The first kappa shape index (κ1) is 35.1. The summed E-state index contributed by atoms with van der Waals surface area (Å²) in [5, 5.41) is 4.13. The molecule has 0 saturated heterocycles. The van der Waals surface area contributed by atoms with Crippen molar-refractivity contribution in [2.24, 2.45) is 27.2 Å². The zero-order valence-electron chi connectivity index (χ0n) is 28.2. The molecule has 1 aromatic heterocycles. The van der Waals surface area contributed by atoms with E-state index in [-0.39, 0.29) is 24.0 Å². The van der Waals surface area contributed by atoms with Gasteiger partial charge in [-0.15, -0.1) is 8.78 Å². The first-order chi connectivity index (χ1) is 23.8. The summed E-state index contributed by atoms with van der Waals surface area (Å²) in [7, 11) is 1.50. The molecule has 6 rings (SSSR count). The molecule has 1 unspecified atom stereocenters. The van der Waals surface area contributed by atoms with Gasteiger partial charge in [-0.1, -0.05) is 62.7 Å². The molecule has 1 amide bonds. The van der Waals surface area contributed by atoms with Crippen LogP contribution in [0.1, 0.15) is 75.1 Å². The Balaban J connectivity index is 1.39. The number of hydrogen-bond acceptors (Lipinski definition) is 9. The molecule has 1 saturated carbocycles. The van der Waals surface area contributed by atoms with Gasteiger partial charge in [0, 0.05) is 24.2 Å². The second-order valence-corrected chi connectivity index (χ2v) is 14.4. The van der Waals surface area contributed by atoms with E-state index < -0.39 is 30.0 Å². The molecule has 2 aliphatic heterocycles. The highest BCUT2D eigenvalue weighted by Gasteiger charge is 2.53. The van der Waals surface area contributed by atoms with Gasteiger partial charge in [0.05, 0.1) is 24.4 Å². The monoisotopic (exact) mass is 706 g/mol. The highest BCUT2D eigenvalue weighted by molar-refractivity contribution is 6.33. The lowest BCUT2D eigenvalue weighted by Crippen LogP contribution is -2.47. The van der Waals surface area contributed by atoms with Crippen molar-refractivity contribution >= 4 is 41.9 Å². The molecular formula is C36H39ClF2N7O4+. The van der Waals surface area contributed by atoms with E-state index in [0.717, 1.165) is 18.4 Å². The van der Waals surface area contributed by atoms with Crippen molar-refractivity contribution in [1.29, 1.82) is 0 Å². The number of alkyl halides is 2. The molecule has 50 heavy (non-hydrogen) atoms. The summed E-state index contributed by atoms with van der Waals surface area (Å²) >= 11 is 6.64. The van der Waals surface area contributed by atoms with Crippen LogP contribution in [0.5, 0.6) is 5.88 Å². The van der Waals surface area contributed by atoms with Crippen molar-refractivity contribution in [3.05, 3.63) is 76.4 Å². The summed E-state index contributed by atoms with van der Waals surface area (Å²) in [5.41, 5.74) is 7.22. The Morgan fingerprint density at radius 1 is 1.16 bits per heavy atom. The minimum absolute atomic E-state index is 0.0375. The molecule has 3 aliphatic rings. The lowest BCUT2D eigenvalue weighted by molar-refractivity contribution is -0.622. The lowest BCUT2D eigenvalue weighted by atomic mass is 9.75. The van der Waals surface area contributed by atoms with Crippen LogP contribution in [0, 0.1) is 11.3 Å². The van der Waals surface area contributed by atoms with Crippen LogP contribution in [0.25, 0.3) is 11.4 Å². The minimum Gasteiger partial charge on any atom is -0.481 e. The Labute approximate surface area is 293 Å². The highest BCUT2D eigenvalue weighted by atomic mass is 35.5. The molecule has 0 bridgehead atoms. The molecule has 3 aromatic rings. The van der Waals surface area contributed by atoms with Crippen LogP contribution in [-0.2, 0) is 19.9 Å². The van der Waals surface area contributed by atoms with E-state index in [0.29, 0.717) is 56.9 Å². The lowest BCUT2D eigenvalue weighted by Gasteiger charge is -2.35. The van der Waals surface area contributed by atoms with Crippen molar-refractivity contribution in [2.45, 2.75) is 70.5 Å². The fourth-order valence-electron chi connectivity index (χ4n) is 6.35. The van der Waals surface area contributed by atoms with E-state index in [1.807, 2.05) is 20.8 Å². The largest absolute Gasteiger partial charge is 0.481 e. The number of carbonyl (C=O) groups excluding carboxylic acids is 2. The standard InChI is InChI=1S/C36H39ClF2N7O4/c1-35(2,3)20-36(25-10-7-22(8-11-25)24-17-42-45(18-24)33(38)39)32(48)46(34(40)44-36)28(19-50-30(47)15-21-5-6-21)23-9-12-27(37)26(16-23)31-41-14-13-29(43-31)49-4/h7-14,16-18,21,24,28,33H,5-6,15,19-20H2,1-4H3,(H2,40,44)/q+1/t24?,28-,36-/m1/s1. The zero-order valence-corrected chi connectivity index (χ0v) is 29.0. The SMILES string of the molecule is COc1ccnc(-c2cc([C@@H](COC(=O)CC3CC3)N3C(=O)[C@@](CC(C)(C)C)(c4ccc(C5C=N[N+](C(F)F)=C5)cc4)N=C3N)ccc2Cl)n1. The maximum Gasteiger partial charge on any atom is 0.474 e. The third-order valence-corrected chi connectivity index (χ3v) is 9.21. The number of esters is 1. The summed E-state index contributed by atoms with van der Waals surface area (Å²) < 4.78 is 38.1. The number of hydrazone groups is 1. The number of benzene rings is 2. The fraction of sp³-hybridized carbons (Fsp3) is 0.417. The van der Waals surface area contributed by atoms with Gasteiger partial charge >= 0.3 is 12.5 Å². The van der Waals surface area contributed by atoms with Gasteiger partial charge < -0.3 is 15.2 Å². The maximum absolute atomic E-state index is 14.9. The van der Waals surface area contributed by atoms with Gasteiger partial charge in [0.2, 0.25) is 5.88 Å². The van der Waals surface area contributed by atoms with Crippen LogP contribution in [0.4, 0.5) is 8.78 Å². The number of nitrogens with zero attached hydrogens (tertiary/aromatic N) is 6. The number of rotatable bonds is 12. The number of amides is 1. The topological polar surface area (TPSA) is 135 Å². The van der Waals surface area contributed by atoms with Crippen LogP contribution in [0.3, 0.4) is 0 Å². The predicted molar refractivity (Wildman–Crippen MR) is 184 cm³/mol. The second-order valence-electron chi connectivity index (χ2n) is 14.0. The Kier molecular flexibility index (Phi) is 9.71.